The second kappa shape index (κ2) is 8.61. The van der Waals surface area contributed by atoms with E-state index < -0.39 is 11.7 Å². The quantitative estimate of drug-likeness (QED) is 0.664. The number of hydrogen-bond acceptors (Lipinski definition) is 4. The minimum absolute atomic E-state index is 0.108. The number of amides is 1. The van der Waals surface area contributed by atoms with Crippen molar-refractivity contribution in [1.29, 1.82) is 0 Å². The normalized spacial score (nSPS) is 11.4. The van der Waals surface area contributed by atoms with Crippen molar-refractivity contribution in [2.24, 2.45) is 0 Å². The molecule has 0 aliphatic rings. The number of phenolic OH excluding ortho intramolecular Hbond substituents is 2. The van der Waals surface area contributed by atoms with Gasteiger partial charge >= 0.3 is 6.09 Å². The number of alkyl carbamates (subject to hydrolysis) is 1. The Morgan fingerprint density at radius 1 is 0.962 bits per heavy atom. The van der Waals surface area contributed by atoms with E-state index >= 15 is 0 Å². The van der Waals surface area contributed by atoms with Crippen molar-refractivity contribution in [3.05, 3.63) is 59.7 Å². The summed E-state index contributed by atoms with van der Waals surface area (Å²) in [5, 5.41) is 21.8. The third-order valence-electron chi connectivity index (χ3n) is 3.93. The van der Waals surface area contributed by atoms with E-state index in [4.69, 9.17) is 4.74 Å². The number of benzene rings is 2. The van der Waals surface area contributed by atoms with Crippen LogP contribution in [0.15, 0.2) is 48.5 Å². The molecule has 0 atom stereocenters. The third kappa shape index (κ3) is 6.31. The second-order valence-corrected chi connectivity index (χ2v) is 7.31. The first-order chi connectivity index (χ1) is 12.2. The number of nitrogens with one attached hydrogen (secondary N) is 1. The Morgan fingerprint density at radius 2 is 1.42 bits per heavy atom. The Labute approximate surface area is 154 Å². The van der Waals surface area contributed by atoms with Crippen LogP contribution in [0.2, 0.25) is 0 Å². The first kappa shape index (κ1) is 19.6. The van der Waals surface area contributed by atoms with Crippen LogP contribution in [-0.2, 0) is 4.74 Å². The zero-order chi connectivity index (χ0) is 19.2. The van der Waals surface area contributed by atoms with Crippen LogP contribution in [0.5, 0.6) is 11.5 Å². The molecule has 1 amide bonds. The number of carbonyl (C=O) groups is 1. The molecule has 2 aromatic carbocycles. The van der Waals surface area contributed by atoms with E-state index in [0.717, 1.165) is 24.0 Å². The average Bonchev–Trinajstić information content (AvgIpc) is 2.56. The topological polar surface area (TPSA) is 78.8 Å². The van der Waals surface area contributed by atoms with Crippen molar-refractivity contribution in [1.82, 2.24) is 5.32 Å². The van der Waals surface area contributed by atoms with Crippen LogP contribution in [0, 0.1) is 0 Å². The van der Waals surface area contributed by atoms with Crippen LogP contribution < -0.4 is 5.32 Å². The van der Waals surface area contributed by atoms with Gasteiger partial charge in [0.1, 0.15) is 17.1 Å². The standard InChI is InChI=1S/C21H27NO4/c1-21(2,3)26-20(25)22-14-4-5-19(15-6-10-17(23)11-7-15)16-8-12-18(24)13-9-16/h6-13,19,23-24H,4-5,14H2,1-3H3,(H,22,25). The second-order valence-electron chi connectivity index (χ2n) is 7.31. The minimum Gasteiger partial charge on any atom is -0.508 e. The summed E-state index contributed by atoms with van der Waals surface area (Å²) in [6.45, 7) is 6.01. The summed E-state index contributed by atoms with van der Waals surface area (Å²) in [5.74, 6) is 0.561. The van der Waals surface area contributed by atoms with Crippen molar-refractivity contribution in [2.45, 2.75) is 45.1 Å². The van der Waals surface area contributed by atoms with Crippen LogP contribution >= 0.6 is 0 Å². The summed E-state index contributed by atoms with van der Waals surface area (Å²) in [6, 6.07) is 14.3. The van der Waals surface area contributed by atoms with Gasteiger partial charge in [-0.3, -0.25) is 0 Å². The summed E-state index contributed by atoms with van der Waals surface area (Å²) in [5.41, 5.74) is 1.64. The fraction of sp³-hybridized carbons (Fsp3) is 0.381. The third-order valence-corrected chi connectivity index (χ3v) is 3.93. The highest BCUT2D eigenvalue weighted by atomic mass is 16.6. The molecule has 26 heavy (non-hydrogen) atoms. The molecule has 3 N–H and O–H groups in total. The lowest BCUT2D eigenvalue weighted by Crippen LogP contribution is -2.33. The van der Waals surface area contributed by atoms with E-state index in [9.17, 15) is 15.0 Å². The van der Waals surface area contributed by atoms with Crippen molar-refractivity contribution < 1.29 is 19.7 Å². The molecule has 0 fully saturated rings. The molecule has 0 aromatic heterocycles. The summed E-state index contributed by atoms with van der Waals surface area (Å²) in [6.07, 6.45) is 1.17. The van der Waals surface area contributed by atoms with Gasteiger partial charge in [-0.25, -0.2) is 4.79 Å². The van der Waals surface area contributed by atoms with E-state index in [0.29, 0.717) is 6.54 Å². The van der Waals surface area contributed by atoms with Gasteiger partial charge in [-0.15, -0.1) is 0 Å². The Balaban J connectivity index is 2.00. The molecule has 2 rings (SSSR count). The molecule has 2 aromatic rings. The first-order valence-electron chi connectivity index (χ1n) is 8.79. The Kier molecular flexibility index (Phi) is 6.50. The molecule has 0 spiro atoms. The molecule has 0 bridgehead atoms. The molecule has 0 unspecified atom stereocenters. The van der Waals surface area contributed by atoms with Crippen LogP contribution in [0.1, 0.15) is 50.7 Å². The number of ether oxygens (including phenoxy) is 1. The van der Waals surface area contributed by atoms with Crippen LogP contribution in [0.3, 0.4) is 0 Å². The number of carbonyl (C=O) groups excluding carboxylic acids is 1. The summed E-state index contributed by atoms with van der Waals surface area (Å²) in [4.78, 5) is 11.7. The number of rotatable bonds is 6. The molecule has 0 saturated carbocycles. The predicted molar refractivity (Wildman–Crippen MR) is 102 cm³/mol. The smallest absolute Gasteiger partial charge is 0.407 e. The SMILES string of the molecule is CC(C)(C)OC(=O)NCCCC(c1ccc(O)cc1)c1ccc(O)cc1. The maximum Gasteiger partial charge on any atom is 0.407 e. The maximum atomic E-state index is 11.7. The van der Waals surface area contributed by atoms with Gasteiger partial charge in [0, 0.05) is 12.5 Å². The zero-order valence-electron chi connectivity index (χ0n) is 15.5. The average molecular weight is 357 g/mol. The van der Waals surface area contributed by atoms with Gasteiger partial charge in [-0.05, 0) is 69.0 Å². The summed E-state index contributed by atoms with van der Waals surface area (Å²) in [7, 11) is 0. The van der Waals surface area contributed by atoms with Crippen molar-refractivity contribution in [2.75, 3.05) is 6.54 Å². The number of aromatic hydroxyl groups is 2. The lowest BCUT2D eigenvalue weighted by molar-refractivity contribution is 0.0527. The van der Waals surface area contributed by atoms with E-state index in [1.165, 1.54) is 0 Å². The van der Waals surface area contributed by atoms with Gasteiger partial charge in [-0.1, -0.05) is 24.3 Å². The Morgan fingerprint density at radius 3 is 1.85 bits per heavy atom. The van der Waals surface area contributed by atoms with E-state index in [1.807, 2.05) is 45.0 Å². The number of hydrogen-bond donors (Lipinski definition) is 3. The Hall–Kier alpha value is -2.69. The highest BCUT2D eigenvalue weighted by molar-refractivity contribution is 5.67. The van der Waals surface area contributed by atoms with Crippen LogP contribution in [0.4, 0.5) is 4.79 Å². The van der Waals surface area contributed by atoms with Crippen LogP contribution in [0.25, 0.3) is 0 Å². The molecule has 140 valence electrons. The lowest BCUT2D eigenvalue weighted by atomic mass is 9.87. The van der Waals surface area contributed by atoms with Gasteiger partial charge in [0.15, 0.2) is 0 Å². The molecular weight excluding hydrogens is 330 g/mol. The molecule has 5 nitrogen and oxygen atoms in total. The van der Waals surface area contributed by atoms with Crippen molar-refractivity contribution >= 4 is 6.09 Å². The fourth-order valence-corrected chi connectivity index (χ4v) is 2.75. The molecule has 0 heterocycles. The molecular formula is C21H27NO4. The zero-order valence-corrected chi connectivity index (χ0v) is 15.5. The molecule has 0 aliphatic carbocycles. The summed E-state index contributed by atoms with van der Waals surface area (Å²) < 4.78 is 5.23. The molecule has 5 heteroatoms. The largest absolute Gasteiger partial charge is 0.508 e. The van der Waals surface area contributed by atoms with Crippen molar-refractivity contribution in [3.8, 4) is 11.5 Å². The minimum atomic E-state index is -0.509. The van der Waals surface area contributed by atoms with E-state index in [-0.39, 0.29) is 17.4 Å². The Bertz CT molecular complexity index is 657. The first-order valence-corrected chi connectivity index (χ1v) is 8.79. The monoisotopic (exact) mass is 357 g/mol. The molecule has 0 aliphatic heterocycles. The van der Waals surface area contributed by atoms with Crippen LogP contribution in [-0.4, -0.2) is 28.5 Å². The van der Waals surface area contributed by atoms with Gasteiger partial charge in [-0.2, -0.15) is 0 Å². The maximum absolute atomic E-state index is 11.7. The van der Waals surface area contributed by atoms with Gasteiger partial charge in [0.25, 0.3) is 0 Å². The van der Waals surface area contributed by atoms with Crippen molar-refractivity contribution in [3.63, 3.8) is 0 Å². The highest BCUT2D eigenvalue weighted by Gasteiger charge is 2.17. The number of phenols is 2. The van der Waals surface area contributed by atoms with E-state index in [1.54, 1.807) is 24.3 Å². The fourth-order valence-electron chi connectivity index (χ4n) is 2.75. The van der Waals surface area contributed by atoms with Gasteiger partial charge in [0.05, 0.1) is 0 Å². The molecule has 0 saturated heterocycles. The highest BCUT2D eigenvalue weighted by Crippen LogP contribution is 2.31. The van der Waals surface area contributed by atoms with Gasteiger partial charge in [0.2, 0.25) is 0 Å². The van der Waals surface area contributed by atoms with Gasteiger partial charge < -0.3 is 20.3 Å². The lowest BCUT2D eigenvalue weighted by Gasteiger charge is -2.21. The summed E-state index contributed by atoms with van der Waals surface area (Å²) >= 11 is 0. The van der Waals surface area contributed by atoms with E-state index in [2.05, 4.69) is 5.32 Å². The molecule has 0 radical (unpaired) electrons. The predicted octanol–water partition coefficient (Wildman–Crippen LogP) is 4.53.